The first-order valence-electron chi connectivity index (χ1n) is 5.00. The van der Waals surface area contributed by atoms with Gasteiger partial charge in [-0.1, -0.05) is 36.4 Å². The maximum absolute atomic E-state index is 5.38. The molecule has 0 saturated carbocycles. The van der Waals surface area contributed by atoms with Crippen LogP contribution in [0.1, 0.15) is 0 Å². The molecule has 1 heterocycles. The van der Waals surface area contributed by atoms with Gasteiger partial charge >= 0.3 is 0 Å². The number of ether oxygens (including phenoxy) is 1. The molecule has 0 spiro atoms. The summed E-state index contributed by atoms with van der Waals surface area (Å²) in [5.74, 6) is 0.940. The van der Waals surface area contributed by atoms with Crippen molar-refractivity contribution >= 4 is 5.69 Å². The van der Waals surface area contributed by atoms with E-state index in [1.54, 1.807) is 0 Å². The minimum atomic E-state index is 0.577. The highest BCUT2D eigenvalue weighted by atomic mass is 16.5. The predicted molar refractivity (Wildman–Crippen MR) is 61.0 cm³/mol. The number of nitrogens with one attached hydrogen (secondary N) is 1. The lowest BCUT2D eigenvalue weighted by molar-refractivity contribution is 0.372. The van der Waals surface area contributed by atoms with Gasteiger partial charge in [-0.3, -0.25) is 0 Å². The average Bonchev–Trinajstić information content (AvgIpc) is 2.77. The molecule has 2 nitrogen and oxygen atoms in total. The van der Waals surface area contributed by atoms with Gasteiger partial charge in [0.15, 0.2) is 6.73 Å². The molecule has 0 fully saturated rings. The van der Waals surface area contributed by atoms with Gasteiger partial charge in [0.25, 0.3) is 0 Å². The van der Waals surface area contributed by atoms with Crippen LogP contribution >= 0.6 is 0 Å². The Morgan fingerprint density at radius 1 is 0.933 bits per heavy atom. The van der Waals surface area contributed by atoms with Crippen molar-refractivity contribution in [2.75, 3.05) is 12.0 Å². The maximum atomic E-state index is 5.38. The minimum absolute atomic E-state index is 0.577. The van der Waals surface area contributed by atoms with E-state index in [1.165, 1.54) is 11.1 Å². The Morgan fingerprint density at radius 2 is 1.80 bits per heavy atom. The van der Waals surface area contributed by atoms with E-state index in [9.17, 15) is 0 Å². The maximum Gasteiger partial charge on any atom is 0.159 e. The number of hydrogen-bond acceptors (Lipinski definition) is 2. The smallest absolute Gasteiger partial charge is 0.159 e. The van der Waals surface area contributed by atoms with E-state index >= 15 is 0 Å². The number of benzene rings is 2. The van der Waals surface area contributed by atoms with E-state index < -0.39 is 0 Å². The van der Waals surface area contributed by atoms with Crippen molar-refractivity contribution in [3.05, 3.63) is 48.5 Å². The van der Waals surface area contributed by atoms with Crippen molar-refractivity contribution in [1.82, 2.24) is 0 Å². The molecule has 1 N–H and O–H groups in total. The van der Waals surface area contributed by atoms with E-state index in [0.29, 0.717) is 6.73 Å². The lowest BCUT2D eigenvalue weighted by Crippen LogP contribution is -1.96. The van der Waals surface area contributed by atoms with Crippen LogP contribution < -0.4 is 10.1 Å². The van der Waals surface area contributed by atoms with Crippen LogP contribution in [0.5, 0.6) is 5.75 Å². The molecule has 2 heteroatoms. The fourth-order valence-electron chi connectivity index (χ4n) is 1.80. The van der Waals surface area contributed by atoms with Gasteiger partial charge in [0, 0.05) is 0 Å². The van der Waals surface area contributed by atoms with Gasteiger partial charge < -0.3 is 10.1 Å². The third-order valence-electron chi connectivity index (χ3n) is 2.58. The summed E-state index contributed by atoms with van der Waals surface area (Å²) in [6.07, 6.45) is 0. The summed E-state index contributed by atoms with van der Waals surface area (Å²) in [4.78, 5) is 0. The van der Waals surface area contributed by atoms with Gasteiger partial charge in [0.1, 0.15) is 5.75 Å². The summed E-state index contributed by atoms with van der Waals surface area (Å²) in [5, 5.41) is 3.19. The van der Waals surface area contributed by atoms with Crippen LogP contribution in [0.2, 0.25) is 0 Å². The van der Waals surface area contributed by atoms with Crippen LogP contribution in [-0.4, -0.2) is 6.73 Å². The summed E-state index contributed by atoms with van der Waals surface area (Å²) < 4.78 is 5.38. The molecule has 0 amide bonds. The molecule has 74 valence electrons. The Labute approximate surface area is 88.5 Å². The standard InChI is InChI=1S/C13H11NO/c1-2-4-10(5-3-1)11-6-7-13-12(8-11)14-9-15-13/h1-8,14H,9H2. The fraction of sp³-hybridized carbons (Fsp3) is 0.0769. The quantitative estimate of drug-likeness (QED) is 0.758. The molecule has 1 aliphatic heterocycles. The lowest BCUT2D eigenvalue weighted by Gasteiger charge is -2.03. The largest absolute Gasteiger partial charge is 0.471 e. The first-order chi connectivity index (χ1) is 7.43. The van der Waals surface area contributed by atoms with Gasteiger partial charge in [-0.25, -0.2) is 0 Å². The van der Waals surface area contributed by atoms with Crippen LogP contribution in [0, 0.1) is 0 Å². The second-order valence-electron chi connectivity index (χ2n) is 3.54. The van der Waals surface area contributed by atoms with E-state index in [4.69, 9.17) is 4.74 Å². The van der Waals surface area contributed by atoms with Gasteiger partial charge in [-0.05, 0) is 23.3 Å². The first-order valence-corrected chi connectivity index (χ1v) is 5.00. The zero-order valence-corrected chi connectivity index (χ0v) is 8.23. The molecule has 0 aromatic heterocycles. The topological polar surface area (TPSA) is 21.3 Å². The average molecular weight is 197 g/mol. The Morgan fingerprint density at radius 3 is 2.67 bits per heavy atom. The molecule has 3 rings (SSSR count). The van der Waals surface area contributed by atoms with Crippen molar-refractivity contribution in [3.63, 3.8) is 0 Å². The molecule has 2 aromatic rings. The van der Waals surface area contributed by atoms with Gasteiger partial charge in [-0.2, -0.15) is 0 Å². The van der Waals surface area contributed by atoms with E-state index in [2.05, 4.69) is 29.6 Å². The third kappa shape index (κ3) is 1.44. The highest BCUT2D eigenvalue weighted by molar-refractivity contribution is 5.72. The van der Waals surface area contributed by atoms with Crippen molar-refractivity contribution in [2.45, 2.75) is 0 Å². The molecule has 0 radical (unpaired) electrons. The van der Waals surface area contributed by atoms with Gasteiger partial charge in [0.2, 0.25) is 0 Å². The van der Waals surface area contributed by atoms with Crippen LogP contribution in [0.4, 0.5) is 5.69 Å². The summed E-state index contributed by atoms with van der Waals surface area (Å²) in [7, 11) is 0. The molecular weight excluding hydrogens is 186 g/mol. The monoisotopic (exact) mass is 197 g/mol. The first kappa shape index (κ1) is 8.36. The Hall–Kier alpha value is -1.96. The number of fused-ring (bicyclic) bond motifs is 1. The SMILES string of the molecule is c1ccc(-c2ccc3c(c2)NCO3)cc1. The summed E-state index contributed by atoms with van der Waals surface area (Å²) in [6, 6.07) is 16.6. The van der Waals surface area contributed by atoms with Crippen LogP contribution in [0.15, 0.2) is 48.5 Å². The van der Waals surface area contributed by atoms with E-state index in [-0.39, 0.29) is 0 Å². The van der Waals surface area contributed by atoms with Crippen molar-refractivity contribution in [1.29, 1.82) is 0 Å². The summed E-state index contributed by atoms with van der Waals surface area (Å²) >= 11 is 0. The molecule has 1 aliphatic rings. The number of anilines is 1. The van der Waals surface area contributed by atoms with Crippen LogP contribution in [0.3, 0.4) is 0 Å². The second kappa shape index (κ2) is 3.31. The molecule has 0 unspecified atom stereocenters. The molecule has 0 atom stereocenters. The number of rotatable bonds is 1. The Bertz CT molecular complexity index is 479. The predicted octanol–water partition coefficient (Wildman–Crippen LogP) is 3.12. The lowest BCUT2D eigenvalue weighted by atomic mass is 10.1. The molecule has 0 saturated heterocycles. The Balaban J connectivity index is 2.07. The van der Waals surface area contributed by atoms with Crippen molar-refractivity contribution in [2.24, 2.45) is 0 Å². The highest BCUT2D eigenvalue weighted by Crippen LogP contribution is 2.33. The molecule has 0 aliphatic carbocycles. The van der Waals surface area contributed by atoms with Gasteiger partial charge in [-0.15, -0.1) is 0 Å². The molecule has 15 heavy (non-hydrogen) atoms. The molecule has 2 aromatic carbocycles. The van der Waals surface area contributed by atoms with Crippen LogP contribution in [0.25, 0.3) is 11.1 Å². The van der Waals surface area contributed by atoms with E-state index in [1.807, 2.05) is 24.3 Å². The zero-order valence-electron chi connectivity index (χ0n) is 8.23. The number of hydrogen-bond donors (Lipinski definition) is 1. The third-order valence-corrected chi connectivity index (χ3v) is 2.58. The van der Waals surface area contributed by atoms with E-state index in [0.717, 1.165) is 11.4 Å². The van der Waals surface area contributed by atoms with Crippen molar-refractivity contribution in [3.8, 4) is 16.9 Å². The highest BCUT2D eigenvalue weighted by Gasteiger charge is 2.11. The molecule has 0 bridgehead atoms. The minimum Gasteiger partial charge on any atom is -0.471 e. The summed E-state index contributed by atoms with van der Waals surface area (Å²) in [5.41, 5.74) is 3.53. The fourth-order valence-corrected chi connectivity index (χ4v) is 1.80. The molecular formula is C13H11NO. The normalized spacial score (nSPS) is 12.8. The van der Waals surface area contributed by atoms with Crippen molar-refractivity contribution < 1.29 is 4.74 Å². The Kier molecular flexibility index (Phi) is 1.85. The second-order valence-corrected chi connectivity index (χ2v) is 3.54. The summed E-state index contributed by atoms with van der Waals surface area (Å²) in [6.45, 7) is 0.577. The zero-order chi connectivity index (χ0) is 10.1. The van der Waals surface area contributed by atoms with Gasteiger partial charge in [0.05, 0.1) is 5.69 Å². The van der Waals surface area contributed by atoms with Crippen LogP contribution in [-0.2, 0) is 0 Å².